The molecule has 0 aliphatic carbocycles. The number of ether oxygens (including phenoxy) is 1. The molecular formula is C13H18N2O4S. The fraction of sp³-hybridized carbons (Fsp3) is 0.538. The molecule has 1 saturated heterocycles. The van der Waals surface area contributed by atoms with Gasteiger partial charge >= 0.3 is 12.0 Å². The van der Waals surface area contributed by atoms with Crippen molar-refractivity contribution in [3.05, 3.63) is 16.8 Å². The van der Waals surface area contributed by atoms with Crippen LogP contribution in [-0.4, -0.2) is 47.8 Å². The van der Waals surface area contributed by atoms with Crippen molar-refractivity contribution < 1.29 is 19.4 Å². The third kappa shape index (κ3) is 4.50. The maximum atomic E-state index is 12.0. The minimum atomic E-state index is -0.849. The van der Waals surface area contributed by atoms with Crippen LogP contribution in [0.2, 0.25) is 0 Å². The van der Waals surface area contributed by atoms with Crippen molar-refractivity contribution in [1.82, 2.24) is 4.90 Å². The number of aliphatic carboxylic acids is 1. The Hall–Kier alpha value is -1.60. The molecule has 2 rings (SSSR count). The molecule has 2 heterocycles. The molecule has 1 fully saturated rings. The van der Waals surface area contributed by atoms with Crippen LogP contribution in [0, 0.1) is 0 Å². The lowest BCUT2D eigenvalue weighted by Gasteiger charge is -2.31. The van der Waals surface area contributed by atoms with E-state index in [1.807, 2.05) is 16.8 Å². The number of nitrogens with one attached hydrogen (secondary N) is 1. The Bertz CT molecular complexity index is 441. The van der Waals surface area contributed by atoms with E-state index >= 15 is 0 Å². The smallest absolute Gasteiger partial charge is 0.321 e. The molecule has 7 heteroatoms. The van der Waals surface area contributed by atoms with Crippen LogP contribution in [0.4, 0.5) is 10.5 Å². The topological polar surface area (TPSA) is 78.9 Å². The number of nitrogens with zero attached hydrogens (tertiary/aromatic N) is 1. The van der Waals surface area contributed by atoms with Crippen molar-refractivity contribution >= 4 is 29.0 Å². The molecule has 1 aliphatic rings. The highest BCUT2D eigenvalue weighted by Gasteiger charge is 2.23. The number of carbonyl (C=O) groups is 2. The third-order valence-corrected chi connectivity index (χ3v) is 3.85. The fourth-order valence-electron chi connectivity index (χ4n) is 2.08. The average Bonchev–Trinajstić information content (AvgIpc) is 2.92. The summed E-state index contributed by atoms with van der Waals surface area (Å²) in [5.74, 6) is -0.849. The molecule has 0 unspecified atom stereocenters. The van der Waals surface area contributed by atoms with Crippen LogP contribution in [0.1, 0.15) is 19.3 Å². The maximum Gasteiger partial charge on any atom is 0.321 e. The summed E-state index contributed by atoms with van der Waals surface area (Å²) in [6.45, 7) is 1.50. The summed E-state index contributed by atoms with van der Waals surface area (Å²) in [6.07, 6.45) is 1.58. The van der Waals surface area contributed by atoms with Crippen LogP contribution >= 0.6 is 11.3 Å². The van der Waals surface area contributed by atoms with Crippen LogP contribution in [0.3, 0.4) is 0 Å². The zero-order valence-electron chi connectivity index (χ0n) is 11.1. The molecule has 1 aliphatic heterocycles. The van der Waals surface area contributed by atoms with E-state index in [1.54, 1.807) is 4.90 Å². The van der Waals surface area contributed by atoms with Gasteiger partial charge in [-0.1, -0.05) is 0 Å². The van der Waals surface area contributed by atoms with Gasteiger partial charge < -0.3 is 20.1 Å². The molecule has 2 amide bonds. The van der Waals surface area contributed by atoms with Crippen LogP contribution < -0.4 is 5.32 Å². The first-order valence-electron chi connectivity index (χ1n) is 6.56. The van der Waals surface area contributed by atoms with Gasteiger partial charge in [-0.3, -0.25) is 4.79 Å². The number of carbonyl (C=O) groups excluding carboxylic acids is 1. The summed E-state index contributed by atoms with van der Waals surface area (Å²) in [7, 11) is 0. The number of piperidine rings is 1. The zero-order chi connectivity index (χ0) is 14.4. The van der Waals surface area contributed by atoms with E-state index in [1.165, 1.54) is 11.3 Å². The van der Waals surface area contributed by atoms with Crippen molar-refractivity contribution in [3.63, 3.8) is 0 Å². The average molecular weight is 298 g/mol. The largest absolute Gasteiger partial charge is 0.481 e. The Kier molecular flexibility index (Phi) is 5.37. The molecule has 6 nitrogen and oxygen atoms in total. The van der Waals surface area contributed by atoms with E-state index in [0.717, 1.165) is 18.5 Å². The fourth-order valence-corrected chi connectivity index (χ4v) is 2.66. The summed E-state index contributed by atoms with van der Waals surface area (Å²) in [5.41, 5.74) is 0.819. The summed E-state index contributed by atoms with van der Waals surface area (Å²) < 4.78 is 5.49. The predicted octanol–water partition coefficient (Wildman–Crippen LogP) is 2.24. The molecule has 0 radical (unpaired) electrons. The molecule has 2 N–H and O–H groups in total. The molecule has 1 aromatic heterocycles. The van der Waals surface area contributed by atoms with Crippen molar-refractivity contribution in [2.45, 2.75) is 25.4 Å². The molecule has 20 heavy (non-hydrogen) atoms. The van der Waals surface area contributed by atoms with E-state index in [-0.39, 0.29) is 25.2 Å². The van der Waals surface area contributed by atoms with Gasteiger partial charge in [-0.2, -0.15) is 11.3 Å². The van der Waals surface area contributed by atoms with E-state index in [4.69, 9.17) is 9.84 Å². The van der Waals surface area contributed by atoms with E-state index in [2.05, 4.69) is 5.32 Å². The quantitative estimate of drug-likeness (QED) is 0.873. The lowest BCUT2D eigenvalue weighted by Crippen LogP contribution is -2.43. The van der Waals surface area contributed by atoms with Gasteiger partial charge in [-0.15, -0.1) is 0 Å². The normalized spacial score (nSPS) is 16.1. The first kappa shape index (κ1) is 14.8. The van der Waals surface area contributed by atoms with E-state index < -0.39 is 5.97 Å². The monoisotopic (exact) mass is 298 g/mol. The van der Waals surface area contributed by atoms with Crippen molar-refractivity contribution in [2.75, 3.05) is 25.0 Å². The zero-order valence-corrected chi connectivity index (χ0v) is 11.9. The Morgan fingerprint density at radius 1 is 1.45 bits per heavy atom. The lowest BCUT2D eigenvalue weighted by molar-refractivity contribution is -0.138. The number of thiophene rings is 1. The maximum absolute atomic E-state index is 12.0. The van der Waals surface area contributed by atoms with Gasteiger partial charge in [0, 0.05) is 18.5 Å². The molecule has 0 atom stereocenters. The van der Waals surface area contributed by atoms with Gasteiger partial charge in [0.15, 0.2) is 0 Å². The number of anilines is 1. The van der Waals surface area contributed by atoms with Gasteiger partial charge in [0.25, 0.3) is 0 Å². The van der Waals surface area contributed by atoms with E-state index in [9.17, 15) is 9.59 Å². The second-order valence-electron chi connectivity index (χ2n) is 4.64. The number of hydrogen-bond acceptors (Lipinski definition) is 4. The third-order valence-electron chi connectivity index (χ3n) is 3.17. The number of urea groups is 1. The number of likely N-dealkylation sites (tertiary alicyclic amines) is 1. The van der Waals surface area contributed by atoms with Crippen LogP contribution in [-0.2, 0) is 9.53 Å². The molecule has 110 valence electrons. The Morgan fingerprint density at radius 2 is 2.20 bits per heavy atom. The highest BCUT2D eigenvalue weighted by molar-refractivity contribution is 7.08. The van der Waals surface area contributed by atoms with Crippen molar-refractivity contribution in [3.8, 4) is 0 Å². The van der Waals surface area contributed by atoms with Crippen LogP contribution in [0.15, 0.2) is 16.8 Å². The second-order valence-corrected chi connectivity index (χ2v) is 5.42. The van der Waals surface area contributed by atoms with Crippen molar-refractivity contribution in [1.29, 1.82) is 0 Å². The number of carboxylic acid groups (broad SMARTS) is 1. The number of amides is 2. The molecule has 0 saturated carbocycles. The minimum absolute atomic E-state index is 0.0266. The van der Waals surface area contributed by atoms with Gasteiger partial charge in [-0.05, 0) is 24.3 Å². The van der Waals surface area contributed by atoms with Crippen molar-refractivity contribution in [2.24, 2.45) is 0 Å². The first-order chi connectivity index (χ1) is 9.65. The molecule has 0 spiro atoms. The van der Waals surface area contributed by atoms with Crippen LogP contribution in [0.25, 0.3) is 0 Å². The molecule has 0 aromatic carbocycles. The summed E-state index contributed by atoms with van der Waals surface area (Å²) in [6, 6.07) is 1.78. The first-order valence-corrected chi connectivity index (χ1v) is 7.51. The molecule has 0 bridgehead atoms. The number of hydrogen-bond donors (Lipinski definition) is 2. The lowest BCUT2D eigenvalue weighted by atomic mass is 10.1. The minimum Gasteiger partial charge on any atom is -0.481 e. The summed E-state index contributed by atoms with van der Waals surface area (Å²) in [5, 5.41) is 15.2. The highest BCUT2D eigenvalue weighted by atomic mass is 32.1. The summed E-state index contributed by atoms with van der Waals surface area (Å²) in [4.78, 5) is 24.1. The Balaban J connectivity index is 1.68. The molecule has 1 aromatic rings. The van der Waals surface area contributed by atoms with Gasteiger partial charge in [-0.25, -0.2) is 4.79 Å². The van der Waals surface area contributed by atoms with E-state index in [0.29, 0.717) is 13.1 Å². The predicted molar refractivity (Wildman–Crippen MR) is 76.1 cm³/mol. The highest BCUT2D eigenvalue weighted by Crippen LogP contribution is 2.17. The number of carboxylic acids is 1. The molecular weight excluding hydrogens is 280 g/mol. The second kappa shape index (κ2) is 7.25. The Labute approximate surface area is 121 Å². The van der Waals surface area contributed by atoms with Gasteiger partial charge in [0.1, 0.15) is 0 Å². The Morgan fingerprint density at radius 3 is 2.80 bits per heavy atom. The SMILES string of the molecule is O=C(O)CCOC1CCN(C(=O)Nc2ccsc2)CC1. The van der Waals surface area contributed by atoms with Crippen LogP contribution in [0.5, 0.6) is 0 Å². The summed E-state index contributed by atoms with van der Waals surface area (Å²) >= 11 is 1.54. The standard InChI is InChI=1S/C13H18N2O4S/c16-12(17)3-7-19-11-1-5-15(6-2-11)13(18)14-10-4-8-20-9-10/h4,8-9,11H,1-3,5-7H2,(H,14,18)(H,16,17). The van der Waals surface area contributed by atoms with Gasteiger partial charge in [0.2, 0.25) is 0 Å². The number of rotatable bonds is 5. The van der Waals surface area contributed by atoms with Gasteiger partial charge in [0.05, 0.1) is 24.8 Å².